The second-order valence-electron chi connectivity index (χ2n) is 4.49. The van der Waals surface area contributed by atoms with Gasteiger partial charge in [0.1, 0.15) is 6.54 Å². The first-order valence-corrected chi connectivity index (χ1v) is 5.63. The monoisotopic (exact) mass is 200 g/mol. The average molecular weight is 200 g/mol. The fraction of sp³-hybridized carbons (Fsp3) is 0.357. The first kappa shape index (κ1) is 10.2. The van der Waals surface area contributed by atoms with Gasteiger partial charge < -0.3 is 0 Å². The summed E-state index contributed by atoms with van der Waals surface area (Å²) in [5.74, 6) is 0.768. The quantitative estimate of drug-likeness (QED) is 0.670. The predicted molar refractivity (Wildman–Crippen MR) is 63.6 cm³/mol. The van der Waals surface area contributed by atoms with Crippen LogP contribution in [0.3, 0.4) is 0 Å². The van der Waals surface area contributed by atoms with Crippen LogP contribution in [0, 0.1) is 5.92 Å². The molecule has 0 aliphatic heterocycles. The highest BCUT2D eigenvalue weighted by atomic mass is 14.9. The molecule has 0 unspecified atom stereocenters. The third-order valence-electron chi connectivity index (χ3n) is 2.71. The van der Waals surface area contributed by atoms with Gasteiger partial charge in [-0.2, -0.15) is 0 Å². The molecule has 0 atom stereocenters. The zero-order chi connectivity index (χ0) is 10.7. The summed E-state index contributed by atoms with van der Waals surface area (Å²) in [6.45, 7) is 5.64. The zero-order valence-electron chi connectivity index (χ0n) is 9.48. The first-order chi connectivity index (χ1) is 7.25. The number of benzene rings is 1. The van der Waals surface area contributed by atoms with Crippen molar-refractivity contribution in [1.82, 2.24) is 0 Å². The summed E-state index contributed by atoms with van der Waals surface area (Å²) >= 11 is 0. The van der Waals surface area contributed by atoms with Crippen LogP contribution >= 0.6 is 0 Å². The van der Waals surface area contributed by atoms with E-state index in [-0.39, 0.29) is 0 Å². The Morgan fingerprint density at radius 3 is 2.53 bits per heavy atom. The Bertz CT molecular complexity index is 446. The SMILES string of the molecule is CC(C)CC[n+]1ccc2ccccc2c1. The van der Waals surface area contributed by atoms with E-state index in [9.17, 15) is 0 Å². The Kier molecular flexibility index (Phi) is 3.00. The molecule has 2 rings (SSSR count). The average Bonchev–Trinajstić information content (AvgIpc) is 2.26. The van der Waals surface area contributed by atoms with E-state index in [1.165, 1.54) is 17.2 Å². The Labute approximate surface area is 91.4 Å². The second kappa shape index (κ2) is 4.43. The molecule has 0 saturated carbocycles. The lowest BCUT2D eigenvalue weighted by Gasteiger charge is -2.01. The van der Waals surface area contributed by atoms with Gasteiger partial charge in [0.25, 0.3) is 0 Å². The summed E-state index contributed by atoms with van der Waals surface area (Å²) < 4.78 is 2.28. The molecule has 1 aromatic carbocycles. The van der Waals surface area contributed by atoms with Crippen molar-refractivity contribution in [3.63, 3.8) is 0 Å². The maximum Gasteiger partial charge on any atom is 0.176 e. The number of aromatic nitrogens is 1. The van der Waals surface area contributed by atoms with Crippen LogP contribution in [0.5, 0.6) is 0 Å². The van der Waals surface area contributed by atoms with E-state index in [1.807, 2.05) is 0 Å². The van der Waals surface area contributed by atoms with Crippen molar-refractivity contribution in [3.8, 4) is 0 Å². The summed E-state index contributed by atoms with van der Waals surface area (Å²) in [6, 6.07) is 10.7. The zero-order valence-corrected chi connectivity index (χ0v) is 9.48. The maximum atomic E-state index is 2.28. The molecule has 0 spiro atoms. The topological polar surface area (TPSA) is 3.88 Å². The van der Waals surface area contributed by atoms with Crippen molar-refractivity contribution in [3.05, 3.63) is 42.7 Å². The van der Waals surface area contributed by atoms with Crippen LogP contribution in [-0.2, 0) is 6.54 Å². The van der Waals surface area contributed by atoms with Gasteiger partial charge in [0.15, 0.2) is 12.4 Å². The lowest BCUT2D eigenvalue weighted by atomic mass is 10.1. The highest BCUT2D eigenvalue weighted by molar-refractivity contribution is 5.80. The lowest BCUT2D eigenvalue weighted by molar-refractivity contribution is -0.696. The van der Waals surface area contributed by atoms with Crippen molar-refractivity contribution >= 4 is 10.8 Å². The van der Waals surface area contributed by atoms with Crippen LogP contribution in [0.15, 0.2) is 42.7 Å². The molecular formula is C14H18N+. The molecule has 2 aromatic rings. The molecule has 0 bridgehead atoms. The summed E-state index contributed by atoms with van der Waals surface area (Å²) in [5, 5.41) is 2.64. The number of nitrogens with zero attached hydrogens (tertiary/aromatic N) is 1. The molecule has 78 valence electrons. The van der Waals surface area contributed by atoms with E-state index in [4.69, 9.17) is 0 Å². The third kappa shape index (κ3) is 2.56. The van der Waals surface area contributed by atoms with Crippen LogP contribution in [0.25, 0.3) is 10.8 Å². The van der Waals surface area contributed by atoms with E-state index in [0.717, 1.165) is 12.5 Å². The minimum absolute atomic E-state index is 0.768. The molecule has 1 heteroatoms. The number of fused-ring (bicyclic) bond motifs is 1. The van der Waals surface area contributed by atoms with Crippen LogP contribution in [-0.4, -0.2) is 0 Å². The van der Waals surface area contributed by atoms with E-state index in [0.29, 0.717) is 0 Å². The number of hydrogen-bond acceptors (Lipinski definition) is 0. The van der Waals surface area contributed by atoms with Gasteiger partial charge in [-0.25, -0.2) is 4.57 Å². The molecule has 0 radical (unpaired) electrons. The Balaban J connectivity index is 2.23. The summed E-state index contributed by atoms with van der Waals surface area (Å²) in [6.07, 6.45) is 5.64. The van der Waals surface area contributed by atoms with Crippen molar-refractivity contribution in [1.29, 1.82) is 0 Å². The van der Waals surface area contributed by atoms with E-state index >= 15 is 0 Å². The highest BCUT2D eigenvalue weighted by Crippen LogP contribution is 2.09. The minimum Gasteiger partial charge on any atom is -0.204 e. The fourth-order valence-corrected chi connectivity index (χ4v) is 1.72. The first-order valence-electron chi connectivity index (χ1n) is 5.63. The van der Waals surface area contributed by atoms with Crippen LogP contribution < -0.4 is 4.57 Å². The number of hydrogen-bond donors (Lipinski definition) is 0. The molecule has 0 aliphatic carbocycles. The molecule has 1 nitrogen and oxygen atoms in total. The van der Waals surface area contributed by atoms with Crippen LogP contribution in [0.1, 0.15) is 20.3 Å². The fourth-order valence-electron chi connectivity index (χ4n) is 1.72. The van der Waals surface area contributed by atoms with Gasteiger partial charge in [0.05, 0.1) is 0 Å². The van der Waals surface area contributed by atoms with Gasteiger partial charge in [-0.3, -0.25) is 0 Å². The number of aryl methyl sites for hydroxylation is 1. The molecule has 1 aromatic heterocycles. The molecule has 0 fully saturated rings. The van der Waals surface area contributed by atoms with Crippen LogP contribution in [0.4, 0.5) is 0 Å². The smallest absolute Gasteiger partial charge is 0.176 e. The van der Waals surface area contributed by atoms with E-state index in [2.05, 4.69) is 61.1 Å². The Morgan fingerprint density at radius 2 is 1.80 bits per heavy atom. The van der Waals surface area contributed by atoms with Crippen molar-refractivity contribution in [2.75, 3.05) is 0 Å². The Hall–Kier alpha value is -1.37. The summed E-state index contributed by atoms with van der Waals surface area (Å²) in [4.78, 5) is 0. The lowest BCUT2D eigenvalue weighted by Crippen LogP contribution is -2.33. The number of rotatable bonds is 3. The second-order valence-corrected chi connectivity index (χ2v) is 4.49. The van der Waals surface area contributed by atoms with Crippen molar-refractivity contribution in [2.24, 2.45) is 5.92 Å². The van der Waals surface area contributed by atoms with Gasteiger partial charge in [-0.15, -0.1) is 0 Å². The van der Waals surface area contributed by atoms with Gasteiger partial charge in [0.2, 0.25) is 0 Å². The third-order valence-corrected chi connectivity index (χ3v) is 2.71. The molecule has 0 N–H and O–H groups in total. The number of pyridine rings is 1. The molecule has 0 amide bonds. The standard InChI is InChI=1S/C14H18N/c1-12(2)7-9-15-10-8-13-5-3-4-6-14(13)11-15/h3-6,8,10-12H,7,9H2,1-2H3/q+1. The summed E-state index contributed by atoms with van der Waals surface area (Å²) in [5.41, 5.74) is 0. The van der Waals surface area contributed by atoms with Gasteiger partial charge >= 0.3 is 0 Å². The molecule has 0 saturated heterocycles. The normalized spacial score (nSPS) is 11.1. The maximum absolute atomic E-state index is 2.28. The van der Waals surface area contributed by atoms with Crippen LogP contribution in [0.2, 0.25) is 0 Å². The van der Waals surface area contributed by atoms with Gasteiger partial charge in [0, 0.05) is 17.9 Å². The molecule has 1 heterocycles. The summed E-state index contributed by atoms with van der Waals surface area (Å²) in [7, 11) is 0. The molecule has 15 heavy (non-hydrogen) atoms. The largest absolute Gasteiger partial charge is 0.204 e. The molecule has 0 aliphatic rings. The molecular weight excluding hydrogens is 182 g/mol. The predicted octanol–water partition coefficient (Wildman–Crippen LogP) is 3.17. The van der Waals surface area contributed by atoms with E-state index in [1.54, 1.807) is 0 Å². The minimum atomic E-state index is 0.768. The Morgan fingerprint density at radius 1 is 1.07 bits per heavy atom. The van der Waals surface area contributed by atoms with Crippen molar-refractivity contribution in [2.45, 2.75) is 26.8 Å². The van der Waals surface area contributed by atoms with Gasteiger partial charge in [-0.1, -0.05) is 32.0 Å². The highest BCUT2D eigenvalue weighted by Gasteiger charge is 2.03. The van der Waals surface area contributed by atoms with Gasteiger partial charge in [-0.05, 0) is 17.4 Å². The van der Waals surface area contributed by atoms with E-state index < -0.39 is 0 Å². The van der Waals surface area contributed by atoms with Crippen molar-refractivity contribution < 1.29 is 4.57 Å².